The lowest BCUT2D eigenvalue weighted by atomic mass is 10.2. The smallest absolute Gasteiger partial charge is 0.125 e. The molecule has 0 amide bonds. The van der Waals surface area contributed by atoms with Crippen LogP contribution >= 0.6 is 12.2 Å². The fraction of sp³-hybridized carbons (Fsp3) is 0.500. The Morgan fingerprint density at radius 3 is 2.82 bits per heavy atom. The van der Waals surface area contributed by atoms with Gasteiger partial charge in [0.15, 0.2) is 0 Å². The van der Waals surface area contributed by atoms with E-state index in [1.165, 1.54) is 0 Å². The minimum atomic E-state index is 0.365. The van der Waals surface area contributed by atoms with Crippen molar-refractivity contribution >= 4 is 23.0 Å². The van der Waals surface area contributed by atoms with E-state index in [9.17, 15) is 0 Å². The van der Waals surface area contributed by atoms with Gasteiger partial charge >= 0.3 is 0 Å². The van der Waals surface area contributed by atoms with Gasteiger partial charge in [-0.15, -0.1) is 0 Å². The zero-order chi connectivity index (χ0) is 12.7. The fourth-order valence-corrected chi connectivity index (χ4v) is 1.34. The molecule has 94 valence electrons. The molecular formula is C12H19N3OS. The molecule has 0 atom stereocenters. The van der Waals surface area contributed by atoms with E-state index in [-0.39, 0.29) is 0 Å². The van der Waals surface area contributed by atoms with Crippen molar-refractivity contribution in [3.8, 4) is 0 Å². The highest BCUT2D eigenvalue weighted by molar-refractivity contribution is 7.80. The van der Waals surface area contributed by atoms with Crippen molar-refractivity contribution in [2.45, 2.75) is 13.8 Å². The zero-order valence-corrected chi connectivity index (χ0v) is 11.1. The minimum absolute atomic E-state index is 0.365. The summed E-state index contributed by atoms with van der Waals surface area (Å²) in [5, 5.41) is 3.16. The molecule has 0 saturated heterocycles. The highest BCUT2D eigenvalue weighted by Crippen LogP contribution is 2.04. The highest BCUT2D eigenvalue weighted by atomic mass is 32.1. The van der Waals surface area contributed by atoms with Gasteiger partial charge in [0, 0.05) is 24.9 Å². The molecule has 0 saturated carbocycles. The summed E-state index contributed by atoms with van der Waals surface area (Å²) in [6.07, 6.45) is 1.67. The summed E-state index contributed by atoms with van der Waals surface area (Å²) < 4.78 is 5.45. The van der Waals surface area contributed by atoms with Crippen molar-refractivity contribution in [1.82, 2.24) is 4.98 Å². The van der Waals surface area contributed by atoms with Gasteiger partial charge in [0.2, 0.25) is 0 Å². The van der Waals surface area contributed by atoms with Crippen LogP contribution in [0.25, 0.3) is 0 Å². The molecule has 0 aliphatic heterocycles. The summed E-state index contributed by atoms with van der Waals surface area (Å²) >= 11 is 4.85. The van der Waals surface area contributed by atoms with Crippen molar-refractivity contribution in [3.63, 3.8) is 0 Å². The Kier molecular flexibility index (Phi) is 5.86. The summed E-state index contributed by atoms with van der Waals surface area (Å²) in [5.41, 5.74) is 6.26. The first-order valence-electron chi connectivity index (χ1n) is 5.67. The van der Waals surface area contributed by atoms with E-state index in [0.717, 1.165) is 24.5 Å². The Bertz CT molecular complexity index is 351. The molecule has 0 bridgehead atoms. The third kappa shape index (κ3) is 5.60. The average Bonchev–Trinajstić information content (AvgIpc) is 2.29. The maximum absolute atomic E-state index is 5.48. The maximum Gasteiger partial charge on any atom is 0.125 e. The van der Waals surface area contributed by atoms with Crippen molar-refractivity contribution in [2.24, 2.45) is 11.7 Å². The number of hydrogen-bond acceptors (Lipinski definition) is 4. The summed E-state index contributed by atoms with van der Waals surface area (Å²) in [7, 11) is 0. The number of ether oxygens (including phenoxy) is 1. The molecular weight excluding hydrogens is 234 g/mol. The number of nitrogens with one attached hydrogen (secondary N) is 1. The van der Waals surface area contributed by atoms with Crippen molar-refractivity contribution in [2.75, 3.05) is 25.1 Å². The summed E-state index contributed by atoms with van der Waals surface area (Å²) in [4.78, 5) is 4.56. The summed E-state index contributed by atoms with van der Waals surface area (Å²) in [6, 6.07) is 3.71. The number of nitrogens with two attached hydrogens (primary N) is 1. The zero-order valence-electron chi connectivity index (χ0n) is 10.3. The van der Waals surface area contributed by atoms with E-state index in [2.05, 4.69) is 24.1 Å². The van der Waals surface area contributed by atoms with Crippen molar-refractivity contribution in [1.29, 1.82) is 0 Å². The molecule has 0 spiro atoms. The summed E-state index contributed by atoms with van der Waals surface area (Å²) in [5.74, 6) is 1.37. The lowest BCUT2D eigenvalue weighted by Gasteiger charge is -2.08. The maximum atomic E-state index is 5.48. The largest absolute Gasteiger partial charge is 0.389 e. The molecule has 4 nitrogen and oxygen atoms in total. The van der Waals surface area contributed by atoms with Gasteiger partial charge in [0.1, 0.15) is 10.8 Å². The van der Waals surface area contributed by atoms with Gasteiger partial charge in [0.05, 0.1) is 6.61 Å². The Labute approximate surface area is 108 Å². The van der Waals surface area contributed by atoms with Crippen LogP contribution in [0.2, 0.25) is 0 Å². The Balaban J connectivity index is 2.25. The Morgan fingerprint density at radius 1 is 1.53 bits per heavy atom. The topological polar surface area (TPSA) is 60.2 Å². The minimum Gasteiger partial charge on any atom is -0.389 e. The lowest BCUT2D eigenvalue weighted by Crippen LogP contribution is -2.13. The van der Waals surface area contributed by atoms with Crippen LogP contribution in [0.4, 0.5) is 5.82 Å². The van der Waals surface area contributed by atoms with Crippen LogP contribution in [0.5, 0.6) is 0 Å². The SMILES string of the molecule is CC(C)COCCNc1ccc(C(N)=S)cn1. The third-order valence-corrected chi connectivity index (χ3v) is 2.29. The van der Waals surface area contributed by atoms with Crippen LogP contribution in [-0.2, 0) is 4.74 Å². The summed E-state index contributed by atoms with van der Waals surface area (Å²) in [6.45, 7) is 6.46. The number of nitrogens with zero attached hydrogens (tertiary/aromatic N) is 1. The second-order valence-electron chi connectivity index (χ2n) is 4.19. The number of anilines is 1. The predicted molar refractivity (Wildman–Crippen MR) is 74.3 cm³/mol. The number of thiocarbonyl (C=S) groups is 1. The van der Waals surface area contributed by atoms with Gasteiger partial charge in [-0.1, -0.05) is 26.1 Å². The molecule has 1 heterocycles. The van der Waals surface area contributed by atoms with Crippen LogP contribution in [0, 0.1) is 5.92 Å². The molecule has 1 aromatic heterocycles. The molecule has 0 unspecified atom stereocenters. The Morgan fingerprint density at radius 2 is 2.29 bits per heavy atom. The van der Waals surface area contributed by atoms with Crippen LogP contribution in [0.3, 0.4) is 0 Å². The highest BCUT2D eigenvalue weighted by Gasteiger charge is 1.98. The van der Waals surface area contributed by atoms with Crippen LogP contribution < -0.4 is 11.1 Å². The third-order valence-electron chi connectivity index (χ3n) is 2.05. The molecule has 1 aromatic rings. The molecule has 1 rings (SSSR count). The van der Waals surface area contributed by atoms with E-state index >= 15 is 0 Å². The van der Waals surface area contributed by atoms with Gasteiger partial charge < -0.3 is 15.8 Å². The molecule has 0 fully saturated rings. The lowest BCUT2D eigenvalue weighted by molar-refractivity contribution is 0.118. The second kappa shape index (κ2) is 7.19. The van der Waals surface area contributed by atoms with E-state index in [4.69, 9.17) is 22.7 Å². The molecule has 3 N–H and O–H groups in total. The molecule has 0 aliphatic rings. The number of aromatic nitrogens is 1. The van der Waals surface area contributed by atoms with Crippen molar-refractivity contribution in [3.05, 3.63) is 23.9 Å². The van der Waals surface area contributed by atoms with Crippen LogP contribution in [0.15, 0.2) is 18.3 Å². The molecule has 0 aromatic carbocycles. The fourth-order valence-electron chi connectivity index (χ4n) is 1.21. The number of hydrogen-bond donors (Lipinski definition) is 2. The number of rotatable bonds is 7. The number of pyridine rings is 1. The van der Waals surface area contributed by atoms with Gasteiger partial charge in [0.25, 0.3) is 0 Å². The van der Waals surface area contributed by atoms with E-state index in [1.54, 1.807) is 6.20 Å². The monoisotopic (exact) mass is 253 g/mol. The first kappa shape index (κ1) is 13.9. The predicted octanol–water partition coefficient (Wildman–Crippen LogP) is 1.80. The van der Waals surface area contributed by atoms with E-state index < -0.39 is 0 Å². The van der Waals surface area contributed by atoms with E-state index in [0.29, 0.717) is 17.5 Å². The average molecular weight is 253 g/mol. The van der Waals surface area contributed by atoms with Crippen LogP contribution in [-0.4, -0.2) is 29.7 Å². The first-order valence-corrected chi connectivity index (χ1v) is 6.08. The molecule has 0 radical (unpaired) electrons. The van der Waals surface area contributed by atoms with Gasteiger partial charge in [-0.05, 0) is 18.1 Å². The van der Waals surface area contributed by atoms with E-state index in [1.807, 2.05) is 12.1 Å². The normalized spacial score (nSPS) is 10.5. The van der Waals surface area contributed by atoms with Gasteiger partial charge in [-0.25, -0.2) is 4.98 Å². The first-order chi connectivity index (χ1) is 8.09. The second-order valence-corrected chi connectivity index (χ2v) is 4.63. The van der Waals surface area contributed by atoms with Crippen LogP contribution in [0.1, 0.15) is 19.4 Å². The standard InChI is InChI=1S/C12H19N3OS/c1-9(2)8-16-6-5-14-11-4-3-10(7-15-11)12(13)17/h3-4,7,9H,5-6,8H2,1-2H3,(H2,13,17)(H,14,15). The molecule has 5 heteroatoms. The molecule has 17 heavy (non-hydrogen) atoms. The van der Waals surface area contributed by atoms with Crippen molar-refractivity contribution < 1.29 is 4.74 Å². The van der Waals surface area contributed by atoms with Gasteiger partial charge in [-0.3, -0.25) is 0 Å². The quantitative estimate of drug-likeness (QED) is 0.573. The van der Waals surface area contributed by atoms with Gasteiger partial charge in [-0.2, -0.15) is 0 Å². The molecule has 0 aliphatic carbocycles. The Hall–Kier alpha value is -1.20.